The lowest BCUT2D eigenvalue weighted by molar-refractivity contribution is 0.580. The summed E-state index contributed by atoms with van der Waals surface area (Å²) in [7, 11) is -3.57. The Morgan fingerprint density at radius 1 is 0.846 bits per heavy atom. The first kappa shape index (κ1) is 16.5. The van der Waals surface area contributed by atoms with E-state index in [4.69, 9.17) is 0 Å². The molecular weight excluding hydrogens is 346 g/mol. The highest BCUT2D eigenvalue weighted by molar-refractivity contribution is 7.89. The number of para-hydroxylation sites is 1. The fourth-order valence-electron chi connectivity index (χ4n) is 2.93. The minimum Gasteiger partial charge on any atom is -0.280 e. The first-order valence-electron chi connectivity index (χ1n) is 8.21. The monoisotopic (exact) mass is 363 g/mol. The summed E-state index contributed by atoms with van der Waals surface area (Å²) in [5.41, 5.74) is 3.64. The number of H-pyrrole nitrogens is 1. The van der Waals surface area contributed by atoms with Crippen molar-refractivity contribution in [3.8, 4) is 11.1 Å². The van der Waals surface area contributed by atoms with Gasteiger partial charge in [0, 0.05) is 10.9 Å². The van der Waals surface area contributed by atoms with Gasteiger partial charge in [0.05, 0.1) is 17.1 Å². The molecule has 0 saturated carbocycles. The number of aromatic nitrogens is 2. The lowest BCUT2D eigenvalue weighted by atomic mass is 10.0. The topological polar surface area (TPSA) is 74.8 Å². The average molecular weight is 363 g/mol. The zero-order valence-electron chi connectivity index (χ0n) is 13.9. The van der Waals surface area contributed by atoms with Crippen molar-refractivity contribution >= 4 is 20.9 Å². The fraction of sp³-hybridized carbons (Fsp3) is 0.0500. The predicted molar refractivity (Wildman–Crippen MR) is 102 cm³/mol. The molecule has 0 aliphatic heterocycles. The van der Waals surface area contributed by atoms with Gasteiger partial charge in [-0.3, -0.25) is 5.10 Å². The number of nitrogens with one attached hydrogen (secondary N) is 2. The maximum absolute atomic E-state index is 12.4. The molecule has 0 saturated heterocycles. The molecule has 0 unspecified atom stereocenters. The Labute approximate surface area is 151 Å². The van der Waals surface area contributed by atoms with Gasteiger partial charge in [0.25, 0.3) is 0 Å². The van der Waals surface area contributed by atoms with Crippen molar-refractivity contribution in [3.63, 3.8) is 0 Å². The summed E-state index contributed by atoms with van der Waals surface area (Å²) >= 11 is 0. The Kier molecular flexibility index (Phi) is 4.28. The van der Waals surface area contributed by atoms with E-state index in [9.17, 15) is 8.42 Å². The summed E-state index contributed by atoms with van der Waals surface area (Å²) in [6.07, 6.45) is 0. The Bertz CT molecular complexity index is 1140. The zero-order valence-corrected chi connectivity index (χ0v) is 14.7. The van der Waals surface area contributed by atoms with E-state index in [0.717, 1.165) is 27.7 Å². The van der Waals surface area contributed by atoms with E-state index < -0.39 is 10.0 Å². The molecule has 130 valence electrons. The van der Waals surface area contributed by atoms with Crippen LogP contribution in [0.25, 0.3) is 22.0 Å². The molecular formula is C20H17N3O2S. The van der Waals surface area contributed by atoms with Crippen molar-refractivity contribution in [3.05, 3.63) is 84.6 Å². The second-order valence-corrected chi connectivity index (χ2v) is 7.67. The standard InChI is InChI=1S/C20H17N3O2S/c24-26(25,16-10-5-2-6-11-16)21-14-19-18-13-7-12-17(20(18)23-22-19)15-8-3-1-4-9-15/h1-13,21H,14H2,(H,22,23). The van der Waals surface area contributed by atoms with Gasteiger partial charge < -0.3 is 0 Å². The van der Waals surface area contributed by atoms with Gasteiger partial charge in [0.1, 0.15) is 5.52 Å². The molecule has 6 heteroatoms. The van der Waals surface area contributed by atoms with E-state index in [1.165, 1.54) is 0 Å². The smallest absolute Gasteiger partial charge is 0.240 e. The van der Waals surface area contributed by atoms with Gasteiger partial charge in [-0.2, -0.15) is 5.10 Å². The Morgan fingerprint density at radius 2 is 1.54 bits per heavy atom. The highest BCUT2D eigenvalue weighted by Crippen LogP contribution is 2.28. The van der Waals surface area contributed by atoms with Crippen molar-refractivity contribution in [1.29, 1.82) is 0 Å². The molecule has 0 bridgehead atoms. The molecule has 5 nitrogen and oxygen atoms in total. The summed E-state index contributed by atoms with van der Waals surface area (Å²) in [5, 5.41) is 8.28. The van der Waals surface area contributed by atoms with Gasteiger partial charge in [-0.1, -0.05) is 66.7 Å². The second kappa shape index (κ2) is 6.74. The summed E-state index contributed by atoms with van der Waals surface area (Å²) in [5.74, 6) is 0. The first-order chi connectivity index (χ1) is 12.6. The van der Waals surface area contributed by atoms with Crippen LogP contribution >= 0.6 is 0 Å². The van der Waals surface area contributed by atoms with Crippen molar-refractivity contribution < 1.29 is 8.42 Å². The van der Waals surface area contributed by atoms with Crippen LogP contribution in [0.2, 0.25) is 0 Å². The summed E-state index contributed by atoms with van der Waals surface area (Å²) in [6, 6.07) is 24.2. The minimum absolute atomic E-state index is 0.145. The van der Waals surface area contributed by atoms with Crippen LogP contribution in [0.5, 0.6) is 0 Å². The SMILES string of the molecule is O=S(=O)(NCc1[nH]nc2c(-c3ccccc3)cccc12)c1ccccc1. The third-order valence-electron chi connectivity index (χ3n) is 4.24. The molecule has 3 aromatic carbocycles. The summed E-state index contributed by atoms with van der Waals surface area (Å²) in [4.78, 5) is 0.244. The van der Waals surface area contributed by atoms with Gasteiger partial charge in [0.15, 0.2) is 0 Å². The average Bonchev–Trinajstić information content (AvgIpc) is 3.11. The van der Waals surface area contributed by atoms with E-state index >= 15 is 0 Å². The summed E-state index contributed by atoms with van der Waals surface area (Å²) < 4.78 is 27.4. The molecule has 4 aromatic rings. The highest BCUT2D eigenvalue weighted by Gasteiger charge is 2.15. The third kappa shape index (κ3) is 3.12. The molecule has 4 rings (SSSR count). The van der Waals surface area contributed by atoms with Crippen LogP contribution < -0.4 is 4.72 Å². The Morgan fingerprint density at radius 3 is 2.27 bits per heavy atom. The van der Waals surface area contributed by atoms with Crippen LogP contribution in [0.3, 0.4) is 0 Å². The molecule has 0 aliphatic carbocycles. The second-order valence-electron chi connectivity index (χ2n) is 5.91. The van der Waals surface area contributed by atoms with Crippen molar-refractivity contribution in [2.75, 3.05) is 0 Å². The van der Waals surface area contributed by atoms with Crippen molar-refractivity contribution in [2.45, 2.75) is 11.4 Å². The quantitative estimate of drug-likeness (QED) is 0.568. The zero-order chi connectivity index (χ0) is 18.0. The van der Waals surface area contributed by atoms with Gasteiger partial charge in [-0.15, -0.1) is 0 Å². The van der Waals surface area contributed by atoms with E-state index in [-0.39, 0.29) is 11.4 Å². The number of aromatic amines is 1. The molecule has 0 radical (unpaired) electrons. The number of rotatable bonds is 5. The predicted octanol–water partition coefficient (Wildman–Crippen LogP) is 3.71. The van der Waals surface area contributed by atoms with Crippen molar-refractivity contribution in [1.82, 2.24) is 14.9 Å². The van der Waals surface area contributed by atoms with Gasteiger partial charge in [-0.25, -0.2) is 13.1 Å². The van der Waals surface area contributed by atoms with Crippen LogP contribution in [-0.4, -0.2) is 18.6 Å². The highest BCUT2D eigenvalue weighted by atomic mass is 32.2. The molecule has 0 atom stereocenters. The molecule has 26 heavy (non-hydrogen) atoms. The number of fused-ring (bicyclic) bond motifs is 1. The number of hydrogen-bond donors (Lipinski definition) is 2. The van der Waals surface area contributed by atoms with E-state index in [1.54, 1.807) is 30.3 Å². The summed E-state index contributed by atoms with van der Waals surface area (Å²) in [6.45, 7) is 0.145. The molecule has 1 heterocycles. The molecule has 0 spiro atoms. The van der Waals surface area contributed by atoms with E-state index in [0.29, 0.717) is 0 Å². The van der Waals surface area contributed by atoms with E-state index in [2.05, 4.69) is 14.9 Å². The molecule has 0 amide bonds. The van der Waals surface area contributed by atoms with Gasteiger partial charge >= 0.3 is 0 Å². The fourth-order valence-corrected chi connectivity index (χ4v) is 3.94. The lowest BCUT2D eigenvalue weighted by Gasteiger charge is -2.06. The molecule has 0 aliphatic rings. The number of nitrogens with zero attached hydrogens (tertiary/aromatic N) is 1. The largest absolute Gasteiger partial charge is 0.280 e. The minimum atomic E-state index is -3.57. The molecule has 0 fully saturated rings. The maximum atomic E-state index is 12.4. The van der Waals surface area contributed by atoms with Gasteiger partial charge in [-0.05, 0) is 17.7 Å². The first-order valence-corrected chi connectivity index (χ1v) is 9.69. The Balaban J connectivity index is 1.65. The lowest BCUT2D eigenvalue weighted by Crippen LogP contribution is -2.23. The van der Waals surface area contributed by atoms with Crippen LogP contribution in [0.15, 0.2) is 83.8 Å². The molecule has 2 N–H and O–H groups in total. The van der Waals surface area contributed by atoms with Crippen LogP contribution in [0.4, 0.5) is 0 Å². The van der Waals surface area contributed by atoms with Crippen LogP contribution in [-0.2, 0) is 16.6 Å². The van der Waals surface area contributed by atoms with Gasteiger partial charge in [0.2, 0.25) is 10.0 Å². The number of benzene rings is 3. The van der Waals surface area contributed by atoms with Crippen LogP contribution in [0.1, 0.15) is 5.69 Å². The van der Waals surface area contributed by atoms with E-state index in [1.807, 2.05) is 48.5 Å². The third-order valence-corrected chi connectivity index (χ3v) is 5.66. The number of hydrogen-bond acceptors (Lipinski definition) is 3. The molecule has 1 aromatic heterocycles. The van der Waals surface area contributed by atoms with Crippen molar-refractivity contribution in [2.24, 2.45) is 0 Å². The van der Waals surface area contributed by atoms with Crippen LogP contribution in [0, 0.1) is 0 Å². The Hall–Kier alpha value is -2.96. The maximum Gasteiger partial charge on any atom is 0.240 e. The number of sulfonamides is 1. The normalized spacial score (nSPS) is 11.7.